The third-order valence-corrected chi connectivity index (χ3v) is 5.43. The van der Waals surface area contributed by atoms with Gasteiger partial charge in [-0.15, -0.1) is 35.3 Å². The van der Waals surface area contributed by atoms with Gasteiger partial charge in [0, 0.05) is 31.4 Å². The summed E-state index contributed by atoms with van der Waals surface area (Å²) in [5.41, 5.74) is 8.08. The normalized spacial score (nSPS) is 13.9. The Morgan fingerprint density at radius 1 is 1.25 bits per heavy atom. The van der Waals surface area contributed by atoms with E-state index in [-0.39, 0.29) is 24.0 Å². The lowest BCUT2D eigenvalue weighted by atomic mass is 10.2. The number of ether oxygens (including phenoxy) is 2. The van der Waals surface area contributed by atoms with Crippen molar-refractivity contribution in [2.75, 3.05) is 38.8 Å². The molecule has 3 N–H and O–H groups in total. The number of thiazole rings is 1. The van der Waals surface area contributed by atoms with Gasteiger partial charge in [0.1, 0.15) is 0 Å². The zero-order chi connectivity index (χ0) is 19.1. The summed E-state index contributed by atoms with van der Waals surface area (Å²) < 4.78 is 10.5. The van der Waals surface area contributed by atoms with E-state index in [4.69, 9.17) is 20.2 Å². The molecule has 1 fully saturated rings. The first-order valence-electron chi connectivity index (χ1n) is 9.13. The monoisotopic (exact) mass is 517 g/mol. The number of hydrogen-bond donors (Lipinski definition) is 2. The molecular weight excluding hydrogens is 489 g/mol. The van der Waals surface area contributed by atoms with Crippen LogP contribution in [0.2, 0.25) is 0 Å². The minimum Gasteiger partial charge on any atom is -0.493 e. The highest BCUT2D eigenvalue weighted by atomic mass is 127. The number of rotatable bonds is 8. The fourth-order valence-electron chi connectivity index (χ4n) is 2.99. The van der Waals surface area contributed by atoms with Crippen molar-refractivity contribution in [2.45, 2.75) is 25.8 Å². The number of nitrogens with one attached hydrogen (secondary N) is 1. The predicted octanol–water partition coefficient (Wildman–Crippen LogP) is 3.03. The van der Waals surface area contributed by atoms with Gasteiger partial charge in [0.05, 0.1) is 26.5 Å². The van der Waals surface area contributed by atoms with Crippen molar-refractivity contribution in [3.05, 3.63) is 34.8 Å². The van der Waals surface area contributed by atoms with Gasteiger partial charge in [0.2, 0.25) is 0 Å². The van der Waals surface area contributed by atoms with Crippen LogP contribution in [0.15, 0.2) is 28.6 Å². The molecule has 0 amide bonds. The van der Waals surface area contributed by atoms with Crippen LogP contribution in [0.3, 0.4) is 0 Å². The maximum absolute atomic E-state index is 5.97. The second kappa shape index (κ2) is 11.3. The maximum Gasteiger partial charge on any atom is 0.188 e. The lowest BCUT2D eigenvalue weighted by Gasteiger charge is -2.12. The van der Waals surface area contributed by atoms with Gasteiger partial charge in [-0.25, -0.2) is 9.98 Å². The Bertz CT molecular complexity index is 777. The molecule has 7 nitrogen and oxygen atoms in total. The molecule has 1 aliphatic rings. The molecule has 1 saturated heterocycles. The molecule has 28 heavy (non-hydrogen) atoms. The fraction of sp³-hybridized carbons (Fsp3) is 0.474. The molecule has 0 unspecified atom stereocenters. The van der Waals surface area contributed by atoms with Gasteiger partial charge in [0.15, 0.2) is 22.6 Å². The van der Waals surface area contributed by atoms with E-state index in [1.807, 2.05) is 18.2 Å². The summed E-state index contributed by atoms with van der Waals surface area (Å²) in [4.78, 5) is 11.5. The number of methoxy groups -OCH3 is 2. The lowest BCUT2D eigenvalue weighted by molar-refractivity contribution is 0.354. The van der Waals surface area contributed by atoms with E-state index in [0.29, 0.717) is 30.5 Å². The first-order valence-corrected chi connectivity index (χ1v) is 10.0. The molecule has 1 aromatic heterocycles. The minimum absolute atomic E-state index is 0. The van der Waals surface area contributed by atoms with Crippen molar-refractivity contribution < 1.29 is 9.47 Å². The first-order chi connectivity index (χ1) is 13.2. The van der Waals surface area contributed by atoms with Crippen molar-refractivity contribution in [1.82, 2.24) is 10.3 Å². The summed E-state index contributed by atoms with van der Waals surface area (Å²) in [5, 5.41) is 6.42. The molecule has 0 atom stereocenters. The summed E-state index contributed by atoms with van der Waals surface area (Å²) in [5.74, 6) is 1.82. The predicted molar refractivity (Wildman–Crippen MR) is 126 cm³/mol. The van der Waals surface area contributed by atoms with Crippen molar-refractivity contribution in [3.8, 4) is 11.5 Å². The second-order valence-corrected chi connectivity index (χ2v) is 7.22. The zero-order valence-corrected chi connectivity index (χ0v) is 19.5. The van der Waals surface area contributed by atoms with Crippen LogP contribution in [0.5, 0.6) is 11.5 Å². The Balaban J connectivity index is 0.00000280. The van der Waals surface area contributed by atoms with E-state index in [2.05, 4.69) is 20.6 Å². The second-order valence-electron chi connectivity index (χ2n) is 6.38. The summed E-state index contributed by atoms with van der Waals surface area (Å²) >= 11 is 1.72. The van der Waals surface area contributed by atoms with E-state index in [1.54, 1.807) is 25.6 Å². The molecule has 9 heteroatoms. The van der Waals surface area contributed by atoms with Crippen LogP contribution in [-0.4, -0.2) is 44.8 Å². The third-order valence-electron chi connectivity index (χ3n) is 4.48. The van der Waals surface area contributed by atoms with Gasteiger partial charge in [-0.1, -0.05) is 6.07 Å². The van der Waals surface area contributed by atoms with E-state index < -0.39 is 0 Å². The molecule has 3 rings (SSSR count). The Morgan fingerprint density at radius 2 is 2.00 bits per heavy atom. The average Bonchev–Trinajstić information content (AvgIpc) is 3.37. The number of benzene rings is 1. The fourth-order valence-corrected chi connectivity index (χ4v) is 3.91. The number of nitrogens with two attached hydrogens (primary N) is 1. The van der Waals surface area contributed by atoms with Crippen LogP contribution in [0.1, 0.15) is 24.1 Å². The van der Waals surface area contributed by atoms with Crippen LogP contribution >= 0.6 is 35.3 Å². The van der Waals surface area contributed by atoms with E-state index in [0.717, 1.165) is 35.9 Å². The molecule has 0 spiro atoms. The van der Waals surface area contributed by atoms with Crippen LogP contribution in [-0.2, 0) is 13.0 Å². The third kappa shape index (κ3) is 6.13. The Labute approximate surface area is 187 Å². The zero-order valence-electron chi connectivity index (χ0n) is 16.3. The quantitative estimate of drug-likeness (QED) is 0.318. The number of aliphatic imine (C=N–C) groups is 1. The lowest BCUT2D eigenvalue weighted by Crippen LogP contribution is -2.33. The summed E-state index contributed by atoms with van der Waals surface area (Å²) in [7, 11) is 3.24. The highest BCUT2D eigenvalue weighted by Gasteiger charge is 2.15. The largest absolute Gasteiger partial charge is 0.493 e. The highest BCUT2D eigenvalue weighted by Crippen LogP contribution is 2.27. The van der Waals surface area contributed by atoms with Gasteiger partial charge < -0.3 is 25.4 Å². The molecule has 2 heterocycles. The van der Waals surface area contributed by atoms with Crippen LogP contribution in [0.4, 0.5) is 5.13 Å². The van der Waals surface area contributed by atoms with Gasteiger partial charge in [-0.3, -0.25) is 0 Å². The smallest absolute Gasteiger partial charge is 0.188 e. The molecule has 1 aliphatic heterocycles. The minimum atomic E-state index is 0. The molecule has 0 radical (unpaired) electrons. The van der Waals surface area contributed by atoms with Gasteiger partial charge in [-0.2, -0.15) is 0 Å². The summed E-state index contributed by atoms with van der Waals surface area (Å²) in [6.45, 7) is 3.45. The number of hydrogen-bond acceptors (Lipinski definition) is 6. The van der Waals surface area contributed by atoms with Gasteiger partial charge >= 0.3 is 0 Å². The van der Waals surface area contributed by atoms with E-state index in [1.165, 1.54) is 12.8 Å². The van der Waals surface area contributed by atoms with Crippen LogP contribution in [0.25, 0.3) is 0 Å². The van der Waals surface area contributed by atoms with Crippen LogP contribution in [0, 0.1) is 0 Å². The SMILES string of the molecule is COc1ccc(CN=C(N)NCCc2csc(N3CCCC3)n2)cc1OC.I. The van der Waals surface area contributed by atoms with Crippen molar-refractivity contribution in [2.24, 2.45) is 10.7 Å². The molecule has 0 saturated carbocycles. The van der Waals surface area contributed by atoms with Crippen LogP contribution < -0.4 is 25.4 Å². The molecule has 154 valence electrons. The summed E-state index contributed by atoms with van der Waals surface area (Å²) in [6, 6.07) is 5.73. The Morgan fingerprint density at radius 3 is 2.71 bits per heavy atom. The van der Waals surface area contributed by atoms with E-state index in [9.17, 15) is 0 Å². The summed E-state index contributed by atoms with van der Waals surface area (Å²) in [6.07, 6.45) is 3.37. The number of anilines is 1. The molecular formula is C19H28IN5O2S. The maximum atomic E-state index is 5.97. The number of aromatic nitrogens is 1. The highest BCUT2D eigenvalue weighted by molar-refractivity contribution is 14.0. The number of nitrogens with zero attached hydrogens (tertiary/aromatic N) is 3. The number of guanidine groups is 1. The van der Waals surface area contributed by atoms with Crippen molar-refractivity contribution in [1.29, 1.82) is 0 Å². The molecule has 1 aromatic carbocycles. The average molecular weight is 517 g/mol. The van der Waals surface area contributed by atoms with Gasteiger partial charge in [0.25, 0.3) is 0 Å². The van der Waals surface area contributed by atoms with Crippen molar-refractivity contribution in [3.63, 3.8) is 0 Å². The Hall–Kier alpha value is -1.75. The standard InChI is InChI=1S/C19H27N5O2S.HI/c1-25-16-6-5-14(11-17(16)26-2)12-22-18(20)21-8-7-15-13-27-19(23-15)24-9-3-4-10-24;/h5-6,11,13H,3-4,7-10,12H2,1-2H3,(H3,20,21,22);1H. The van der Waals surface area contributed by atoms with Gasteiger partial charge in [-0.05, 0) is 30.5 Å². The molecule has 0 bridgehead atoms. The topological polar surface area (TPSA) is 85.0 Å². The number of halogens is 1. The Kier molecular flexibility index (Phi) is 9.10. The van der Waals surface area contributed by atoms with E-state index >= 15 is 0 Å². The first kappa shape index (κ1) is 22.5. The van der Waals surface area contributed by atoms with Crippen molar-refractivity contribution >= 4 is 46.4 Å². The molecule has 0 aliphatic carbocycles. The molecule has 2 aromatic rings.